The quantitative estimate of drug-likeness (QED) is 0.172. The second-order valence-corrected chi connectivity index (χ2v) is 8.85. The molecular weight excluding hydrogens is 586 g/mol. The van der Waals surface area contributed by atoms with Gasteiger partial charge in [-0.05, 0) is 71.5 Å². The summed E-state index contributed by atoms with van der Waals surface area (Å²) in [6.45, 7) is 2.67. The molecule has 0 aromatic heterocycles. The molecule has 0 spiro atoms. The third kappa shape index (κ3) is 6.51. The maximum Gasteiger partial charge on any atom is 0.271 e. The van der Waals surface area contributed by atoms with Crippen LogP contribution in [-0.4, -0.2) is 18.7 Å². The van der Waals surface area contributed by atoms with Crippen molar-refractivity contribution in [1.82, 2.24) is 5.43 Å². The predicted octanol–water partition coefficient (Wildman–Crippen LogP) is 6.99. The van der Waals surface area contributed by atoms with Crippen molar-refractivity contribution in [2.24, 2.45) is 5.10 Å². The number of hydrogen-bond donors (Lipinski definition) is 1. The maximum absolute atomic E-state index is 12.3. The third-order valence-electron chi connectivity index (χ3n) is 4.22. The Morgan fingerprint density at radius 3 is 2.53 bits per heavy atom. The molecule has 1 amide bonds. The van der Waals surface area contributed by atoms with E-state index in [1.54, 1.807) is 18.2 Å². The van der Waals surface area contributed by atoms with Crippen LogP contribution in [0.25, 0.3) is 0 Å². The Hall–Kier alpha value is -2.00. The van der Waals surface area contributed by atoms with E-state index in [0.717, 1.165) is 14.7 Å². The Labute approximate surface area is 214 Å². The van der Waals surface area contributed by atoms with E-state index in [1.807, 2.05) is 37.3 Å². The van der Waals surface area contributed by atoms with Gasteiger partial charge in [0.25, 0.3) is 5.91 Å². The van der Waals surface area contributed by atoms with Crippen LogP contribution in [0.1, 0.15) is 28.4 Å². The van der Waals surface area contributed by atoms with Crippen LogP contribution in [-0.2, 0) is 6.61 Å². The number of nitrogens with zero attached hydrogens (tertiary/aromatic N) is 1. The van der Waals surface area contributed by atoms with Crippen molar-refractivity contribution < 1.29 is 14.3 Å². The van der Waals surface area contributed by atoms with E-state index < -0.39 is 5.91 Å². The molecule has 32 heavy (non-hydrogen) atoms. The minimum absolute atomic E-state index is 0.298. The zero-order valence-corrected chi connectivity index (χ0v) is 21.3. The van der Waals surface area contributed by atoms with Crippen LogP contribution in [0.15, 0.2) is 59.7 Å². The number of hydrazone groups is 1. The van der Waals surface area contributed by atoms with E-state index in [0.29, 0.717) is 45.3 Å². The zero-order chi connectivity index (χ0) is 23.1. The summed E-state index contributed by atoms with van der Waals surface area (Å²) < 4.78 is 12.6. The highest BCUT2D eigenvalue weighted by atomic mass is 127. The summed E-state index contributed by atoms with van der Waals surface area (Å²) in [5.41, 5.74) is 4.44. The van der Waals surface area contributed by atoms with Crippen molar-refractivity contribution in [2.45, 2.75) is 13.5 Å². The first-order valence-electron chi connectivity index (χ1n) is 9.50. The van der Waals surface area contributed by atoms with Crippen molar-refractivity contribution >= 4 is 69.5 Å². The van der Waals surface area contributed by atoms with Gasteiger partial charge in [0.05, 0.1) is 26.4 Å². The topological polar surface area (TPSA) is 59.9 Å². The summed E-state index contributed by atoms with van der Waals surface area (Å²) in [6, 6.07) is 15.8. The average Bonchev–Trinajstić information content (AvgIpc) is 2.76. The Balaban J connectivity index is 1.73. The Morgan fingerprint density at radius 1 is 1.03 bits per heavy atom. The van der Waals surface area contributed by atoms with Gasteiger partial charge in [-0.1, -0.05) is 53.0 Å². The molecule has 0 aliphatic heterocycles. The minimum atomic E-state index is -0.403. The fraction of sp³-hybridized carbons (Fsp3) is 0.130. The first kappa shape index (κ1) is 24.6. The normalized spacial score (nSPS) is 10.9. The van der Waals surface area contributed by atoms with Crippen molar-refractivity contribution in [3.63, 3.8) is 0 Å². The van der Waals surface area contributed by atoms with Gasteiger partial charge in [0.1, 0.15) is 6.61 Å². The van der Waals surface area contributed by atoms with E-state index in [2.05, 4.69) is 33.1 Å². The third-order valence-corrected chi connectivity index (χ3v) is 6.13. The zero-order valence-electron chi connectivity index (χ0n) is 16.9. The first-order valence-corrected chi connectivity index (χ1v) is 11.7. The summed E-state index contributed by atoms with van der Waals surface area (Å²) in [7, 11) is 0. The number of carbonyl (C=O) groups excluding carboxylic acids is 1. The van der Waals surface area contributed by atoms with E-state index in [9.17, 15) is 4.79 Å². The maximum atomic E-state index is 12.3. The van der Waals surface area contributed by atoms with Crippen LogP contribution in [0.3, 0.4) is 0 Å². The fourth-order valence-corrected chi connectivity index (χ4v) is 3.97. The second kappa shape index (κ2) is 11.7. The van der Waals surface area contributed by atoms with Crippen LogP contribution < -0.4 is 14.9 Å². The highest BCUT2D eigenvalue weighted by Gasteiger charge is 2.13. The lowest BCUT2D eigenvalue weighted by Crippen LogP contribution is -2.17. The molecule has 5 nitrogen and oxygen atoms in total. The molecule has 9 heteroatoms. The molecule has 0 saturated carbocycles. The number of hydrogen-bond acceptors (Lipinski definition) is 4. The van der Waals surface area contributed by atoms with E-state index in [1.165, 1.54) is 12.3 Å². The molecule has 3 aromatic carbocycles. The molecule has 1 N–H and O–H groups in total. The minimum Gasteiger partial charge on any atom is -0.490 e. The van der Waals surface area contributed by atoms with Gasteiger partial charge in [0.2, 0.25) is 0 Å². The average molecular weight is 604 g/mol. The number of halogens is 4. The highest BCUT2D eigenvalue weighted by Crippen LogP contribution is 2.35. The number of benzene rings is 3. The Bertz CT molecular complexity index is 1160. The fourth-order valence-electron chi connectivity index (χ4n) is 2.70. The van der Waals surface area contributed by atoms with E-state index in [4.69, 9.17) is 44.3 Å². The predicted molar refractivity (Wildman–Crippen MR) is 138 cm³/mol. The SMILES string of the molecule is CCOc1cc(/C=N\NC(=O)c2ccc(Cl)c(Cl)c2)cc(I)c1OCc1ccccc1Cl. The smallest absolute Gasteiger partial charge is 0.271 e. The lowest BCUT2D eigenvalue weighted by molar-refractivity contribution is 0.0955. The van der Waals surface area contributed by atoms with Gasteiger partial charge in [-0.2, -0.15) is 5.10 Å². The van der Waals surface area contributed by atoms with Gasteiger partial charge in [0, 0.05) is 16.1 Å². The van der Waals surface area contributed by atoms with Crippen LogP contribution in [0.5, 0.6) is 11.5 Å². The van der Waals surface area contributed by atoms with Crippen LogP contribution in [0.2, 0.25) is 15.1 Å². The van der Waals surface area contributed by atoms with Crippen molar-refractivity contribution in [3.05, 3.63) is 89.9 Å². The summed E-state index contributed by atoms with van der Waals surface area (Å²) in [4.78, 5) is 12.3. The van der Waals surface area contributed by atoms with Gasteiger partial charge in [-0.15, -0.1) is 0 Å². The summed E-state index contributed by atoms with van der Waals surface area (Å²) in [6.07, 6.45) is 1.53. The first-order chi connectivity index (χ1) is 15.4. The monoisotopic (exact) mass is 602 g/mol. The lowest BCUT2D eigenvalue weighted by atomic mass is 10.2. The molecule has 0 saturated heterocycles. The van der Waals surface area contributed by atoms with E-state index in [-0.39, 0.29) is 0 Å². The molecule has 3 rings (SSSR count). The number of amides is 1. The van der Waals surface area contributed by atoms with Crippen molar-refractivity contribution in [3.8, 4) is 11.5 Å². The van der Waals surface area contributed by atoms with Crippen molar-refractivity contribution in [2.75, 3.05) is 6.61 Å². The Morgan fingerprint density at radius 2 is 1.81 bits per heavy atom. The number of nitrogens with one attached hydrogen (secondary N) is 1. The van der Waals surface area contributed by atoms with Gasteiger partial charge in [0.15, 0.2) is 11.5 Å². The molecule has 0 fully saturated rings. The standard InChI is InChI=1S/C23H18Cl3IN2O3/c1-2-31-21-10-14(12-28-29-23(30)15-7-8-18(25)19(26)11-15)9-20(27)22(21)32-13-16-5-3-4-6-17(16)24/h3-12H,2,13H2,1H3,(H,29,30)/b28-12-. The molecule has 0 radical (unpaired) electrons. The highest BCUT2D eigenvalue weighted by molar-refractivity contribution is 14.1. The molecular formula is C23H18Cl3IN2O3. The Kier molecular flexibility index (Phi) is 9.04. The molecule has 0 heterocycles. The van der Waals surface area contributed by atoms with E-state index >= 15 is 0 Å². The molecule has 0 atom stereocenters. The summed E-state index contributed by atoms with van der Waals surface area (Å²) in [5, 5.41) is 5.34. The summed E-state index contributed by atoms with van der Waals surface area (Å²) >= 11 is 20.2. The van der Waals surface area contributed by atoms with Gasteiger partial charge in [-0.3, -0.25) is 4.79 Å². The summed E-state index contributed by atoms with van der Waals surface area (Å²) in [5.74, 6) is 0.785. The van der Waals surface area contributed by atoms with Crippen molar-refractivity contribution in [1.29, 1.82) is 0 Å². The second-order valence-electron chi connectivity index (χ2n) is 6.47. The van der Waals surface area contributed by atoms with Gasteiger partial charge < -0.3 is 9.47 Å². The molecule has 0 aliphatic rings. The molecule has 3 aromatic rings. The lowest BCUT2D eigenvalue weighted by Gasteiger charge is -2.15. The number of ether oxygens (including phenoxy) is 2. The number of rotatable bonds is 8. The van der Waals surface area contributed by atoms with Crippen LogP contribution in [0.4, 0.5) is 0 Å². The molecule has 166 valence electrons. The van der Waals surface area contributed by atoms with Crippen LogP contribution in [0, 0.1) is 3.57 Å². The van der Waals surface area contributed by atoms with Gasteiger partial charge in [-0.25, -0.2) is 5.43 Å². The molecule has 0 unspecified atom stereocenters. The number of carbonyl (C=O) groups is 1. The molecule has 0 bridgehead atoms. The molecule has 0 aliphatic carbocycles. The van der Waals surface area contributed by atoms with Crippen LogP contribution >= 0.6 is 57.4 Å². The van der Waals surface area contributed by atoms with Gasteiger partial charge >= 0.3 is 0 Å². The largest absolute Gasteiger partial charge is 0.490 e.